The lowest BCUT2D eigenvalue weighted by molar-refractivity contribution is 0.282. The van der Waals surface area contributed by atoms with E-state index in [-0.39, 0.29) is 18.0 Å². The standard InChI is InChI=1S/C18H15N3O3/c1-10-6-17-19-20-18(24)21(17)15-7-14(16(23)8-13(10)15)12-5-3-2-4-11(12)9-22/h2-8,22-23H,9H2,1H3,(H,20,24). The Morgan fingerprint density at radius 2 is 1.96 bits per heavy atom. The van der Waals surface area contributed by atoms with Crippen LogP contribution in [0.5, 0.6) is 5.75 Å². The highest BCUT2D eigenvalue weighted by atomic mass is 16.3. The second-order valence-corrected chi connectivity index (χ2v) is 5.75. The van der Waals surface area contributed by atoms with Crippen molar-refractivity contribution in [1.29, 1.82) is 0 Å². The zero-order chi connectivity index (χ0) is 16.8. The van der Waals surface area contributed by atoms with E-state index in [4.69, 9.17) is 0 Å². The minimum absolute atomic E-state index is 0.0994. The van der Waals surface area contributed by atoms with Crippen molar-refractivity contribution in [1.82, 2.24) is 14.6 Å². The number of benzene rings is 2. The first-order chi connectivity index (χ1) is 11.6. The second-order valence-electron chi connectivity index (χ2n) is 5.75. The third-order valence-corrected chi connectivity index (χ3v) is 4.30. The van der Waals surface area contributed by atoms with Crippen molar-refractivity contribution >= 4 is 16.6 Å². The molecule has 0 saturated heterocycles. The molecule has 2 heterocycles. The first kappa shape index (κ1) is 14.5. The molecule has 0 unspecified atom stereocenters. The summed E-state index contributed by atoms with van der Waals surface area (Å²) in [6, 6.07) is 12.5. The fourth-order valence-corrected chi connectivity index (χ4v) is 3.12. The number of aromatic amines is 1. The van der Waals surface area contributed by atoms with E-state index in [9.17, 15) is 15.0 Å². The molecule has 4 aromatic rings. The molecule has 0 fully saturated rings. The molecule has 0 saturated carbocycles. The van der Waals surface area contributed by atoms with E-state index in [1.165, 1.54) is 4.40 Å². The number of phenolic OH excluding ortho intramolecular Hbond substituents is 1. The molecule has 3 N–H and O–H groups in total. The Morgan fingerprint density at radius 1 is 1.17 bits per heavy atom. The van der Waals surface area contributed by atoms with Crippen LogP contribution in [-0.4, -0.2) is 24.8 Å². The van der Waals surface area contributed by atoms with E-state index >= 15 is 0 Å². The van der Waals surface area contributed by atoms with Crippen molar-refractivity contribution in [3.8, 4) is 16.9 Å². The normalized spacial score (nSPS) is 11.4. The van der Waals surface area contributed by atoms with Crippen molar-refractivity contribution in [2.75, 3.05) is 0 Å². The summed E-state index contributed by atoms with van der Waals surface area (Å²) in [7, 11) is 0. The van der Waals surface area contributed by atoms with Crippen molar-refractivity contribution in [2.45, 2.75) is 13.5 Å². The first-order valence-corrected chi connectivity index (χ1v) is 7.52. The lowest BCUT2D eigenvalue weighted by Gasteiger charge is -2.12. The molecule has 0 aliphatic carbocycles. The molecule has 2 aromatic heterocycles. The molecule has 2 aromatic carbocycles. The molecule has 0 amide bonds. The summed E-state index contributed by atoms with van der Waals surface area (Å²) in [6.07, 6.45) is 0. The van der Waals surface area contributed by atoms with E-state index in [0.717, 1.165) is 16.5 Å². The summed E-state index contributed by atoms with van der Waals surface area (Å²) >= 11 is 0. The topological polar surface area (TPSA) is 90.6 Å². The number of nitrogens with zero attached hydrogens (tertiary/aromatic N) is 2. The van der Waals surface area contributed by atoms with Gasteiger partial charge in [-0.2, -0.15) is 5.10 Å². The minimum Gasteiger partial charge on any atom is -0.507 e. The molecule has 120 valence electrons. The third kappa shape index (κ3) is 2.00. The van der Waals surface area contributed by atoms with Crippen LogP contribution < -0.4 is 5.69 Å². The number of H-pyrrole nitrogens is 1. The molecule has 4 rings (SSSR count). The number of aromatic hydroxyl groups is 1. The molecule has 0 radical (unpaired) electrons. The number of hydrogen-bond donors (Lipinski definition) is 3. The van der Waals surface area contributed by atoms with Crippen molar-refractivity contribution in [3.05, 3.63) is 64.1 Å². The average Bonchev–Trinajstić information content (AvgIpc) is 2.95. The largest absolute Gasteiger partial charge is 0.507 e. The highest BCUT2D eigenvalue weighted by molar-refractivity contribution is 5.92. The highest BCUT2D eigenvalue weighted by Crippen LogP contribution is 2.36. The van der Waals surface area contributed by atoms with Gasteiger partial charge in [0.25, 0.3) is 0 Å². The first-order valence-electron chi connectivity index (χ1n) is 7.52. The number of aryl methyl sites for hydroxylation is 1. The molecule has 24 heavy (non-hydrogen) atoms. The summed E-state index contributed by atoms with van der Waals surface area (Å²) in [6.45, 7) is 1.77. The van der Waals surface area contributed by atoms with E-state index in [0.29, 0.717) is 22.3 Å². The number of fused-ring (bicyclic) bond motifs is 3. The average molecular weight is 321 g/mol. The van der Waals surface area contributed by atoms with Gasteiger partial charge >= 0.3 is 5.69 Å². The second kappa shape index (κ2) is 5.21. The van der Waals surface area contributed by atoms with Gasteiger partial charge in [-0.1, -0.05) is 24.3 Å². The molecule has 0 spiro atoms. The Kier molecular flexibility index (Phi) is 3.14. The highest BCUT2D eigenvalue weighted by Gasteiger charge is 2.14. The summed E-state index contributed by atoms with van der Waals surface area (Å²) in [4.78, 5) is 12.1. The number of hydrogen-bond acceptors (Lipinski definition) is 4. The van der Waals surface area contributed by atoms with Crippen LogP contribution in [0.4, 0.5) is 0 Å². The molecular formula is C18H15N3O3. The Hall–Kier alpha value is -3.12. The minimum atomic E-state index is -0.331. The van der Waals surface area contributed by atoms with Crippen LogP contribution >= 0.6 is 0 Å². The Balaban J connectivity index is 2.15. The number of phenols is 1. The Bertz CT molecular complexity index is 1140. The summed E-state index contributed by atoms with van der Waals surface area (Å²) < 4.78 is 1.48. The van der Waals surface area contributed by atoms with Crippen molar-refractivity contribution in [3.63, 3.8) is 0 Å². The fraction of sp³-hybridized carbons (Fsp3) is 0.111. The lowest BCUT2D eigenvalue weighted by atomic mass is 9.97. The maximum Gasteiger partial charge on any atom is 0.348 e. The number of pyridine rings is 1. The van der Waals surface area contributed by atoms with Gasteiger partial charge in [-0.05, 0) is 41.8 Å². The number of aliphatic hydroxyl groups excluding tert-OH is 1. The number of aliphatic hydroxyl groups is 1. The molecule has 0 aliphatic rings. The van der Waals surface area contributed by atoms with Crippen LogP contribution in [0, 0.1) is 6.92 Å². The molecule has 0 aliphatic heterocycles. The number of aromatic nitrogens is 3. The Morgan fingerprint density at radius 3 is 2.75 bits per heavy atom. The maximum atomic E-state index is 12.1. The predicted octanol–water partition coefficient (Wildman–Crippen LogP) is 2.35. The lowest BCUT2D eigenvalue weighted by Crippen LogP contribution is -2.10. The van der Waals surface area contributed by atoms with Crippen LogP contribution in [0.2, 0.25) is 0 Å². The van der Waals surface area contributed by atoms with Crippen LogP contribution in [0.3, 0.4) is 0 Å². The van der Waals surface area contributed by atoms with Crippen LogP contribution in [0.25, 0.3) is 27.7 Å². The van der Waals surface area contributed by atoms with Gasteiger partial charge < -0.3 is 10.2 Å². The van der Waals surface area contributed by atoms with Gasteiger partial charge in [0, 0.05) is 10.9 Å². The van der Waals surface area contributed by atoms with Crippen LogP contribution in [-0.2, 0) is 6.61 Å². The predicted molar refractivity (Wildman–Crippen MR) is 91.1 cm³/mol. The summed E-state index contributed by atoms with van der Waals surface area (Å²) in [5, 5.41) is 27.3. The van der Waals surface area contributed by atoms with Crippen LogP contribution in [0.1, 0.15) is 11.1 Å². The maximum absolute atomic E-state index is 12.1. The zero-order valence-electron chi connectivity index (χ0n) is 12.9. The SMILES string of the molecule is Cc1cc2n[nH]c(=O)n2c2cc(-c3ccccc3CO)c(O)cc12. The molecule has 0 bridgehead atoms. The van der Waals surface area contributed by atoms with Gasteiger partial charge in [0.05, 0.1) is 12.1 Å². The van der Waals surface area contributed by atoms with Crippen molar-refractivity contribution < 1.29 is 10.2 Å². The van der Waals surface area contributed by atoms with E-state index in [1.807, 2.05) is 25.1 Å². The third-order valence-electron chi connectivity index (χ3n) is 4.30. The van der Waals surface area contributed by atoms with Gasteiger partial charge in [-0.25, -0.2) is 14.3 Å². The van der Waals surface area contributed by atoms with Gasteiger partial charge in [0.1, 0.15) is 5.75 Å². The van der Waals surface area contributed by atoms with E-state index < -0.39 is 0 Å². The molecular weight excluding hydrogens is 306 g/mol. The summed E-state index contributed by atoms with van der Waals surface area (Å²) in [5.74, 6) is 0.0994. The quantitative estimate of drug-likeness (QED) is 0.528. The Labute approximate surface area is 136 Å². The molecule has 6 nitrogen and oxygen atoms in total. The summed E-state index contributed by atoms with van der Waals surface area (Å²) in [5.41, 5.74) is 3.76. The smallest absolute Gasteiger partial charge is 0.348 e. The fourth-order valence-electron chi connectivity index (χ4n) is 3.12. The van der Waals surface area contributed by atoms with Gasteiger partial charge in [-0.3, -0.25) is 0 Å². The molecule has 0 atom stereocenters. The number of rotatable bonds is 2. The van der Waals surface area contributed by atoms with Crippen molar-refractivity contribution in [2.24, 2.45) is 0 Å². The van der Waals surface area contributed by atoms with Crippen LogP contribution in [0.15, 0.2) is 47.3 Å². The molecule has 6 heteroatoms. The van der Waals surface area contributed by atoms with Gasteiger partial charge in [0.2, 0.25) is 0 Å². The number of nitrogens with one attached hydrogen (secondary N) is 1. The zero-order valence-corrected chi connectivity index (χ0v) is 12.9. The van der Waals surface area contributed by atoms with Gasteiger partial charge in [-0.15, -0.1) is 0 Å². The monoisotopic (exact) mass is 321 g/mol. The van der Waals surface area contributed by atoms with E-state index in [1.54, 1.807) is 24.3 Å². The van der Waals surface area contributed by atoms with Gasteiger partial charge in [0.15, 0.2) is 5.65 Å². The van der Waals surface area contributed by atoms with E-state index in [2.05, 4.69) is 10.2 Å².